The predicted molar refractivity (Wildman–Crippen MR) is 86.1 cm³/mol. The van der Waals surface area contributed by atoms with Gasteiger partial charge in [0.05, 0.1) is 5.75 Å². The summed E-state index contributed by atoms with van der Waals surface area (Å²) in [5, 5.41) is 5.46. The highest BCUT2D eigenvalue weighted by Gasteiger charge is 2.06. The van der Waals surface area contributed by atoms with Crippen molar-refractivity contribution in [1.82, 2.24) is 5.32 Å². The number of nitrogens with one attached hydrogen (secondary N) is 3. The molecule has 0 aliphatic rings. The third-order valence-corrected chi connectivity index (χ3v) is 4.17. The number of hydrogen-bond donors (Lipinski definition) is 3. The third kappa shape index (κ3) is 6.99. The molecule has 0 bridgehead atoms. The van der Waals surface area contributed by atoms with Crippen molar-refractivity contribution < 1.29 is 13.2 Å². The molecule has 0 radical (unpaired) electrons. The number of amides is 2. The first-order chi connectivity index (χ1) is 9.96. The molecule has 0 saturated carbocycles. The Labute approximate surface area is 126 Å². The Morgan fingerprint density at radius 2 is 1.67 bits per heavy atom. The zero-order valence-electron chi connectivity index (χ0n) is 12.5. The normalized spacial score (nSPS) is 11.0. The van der Waals surface area contributed by atoms with Gasteiger partial charge in [0.1, 0.15) is 0 Å². The van der Waals surface area contributed by atoms with Crippen molar-refractivity contribution in [2.24, 2.45) is 0 Å². The molecule has 118 valence electrons. The lowest BCUT2D eigenvalue weighted by atomic mass is 10.2. The smallest absolute Gasteiger partial charge is 0.319 e. The van der Waals surface area contributed by atoms with E-state index in [0.29, 0.717) is 17.9 Å². The van der Waals surface area contributed by atoms with E-state index in [1.54, 1.807) is 31.2 Å². The number of rotatable bonds is 8. The van der Waals surface area contributed by atoms with Gasteiger partial charge in [-0.15, -0.1) is 0 Å². The van der Waals surface area contributed by atoms with E-state index in [9.17, 15) is 13.2 Å². The minimum absolute atomic E-state index is 0.0210. The molecule has 6 nitrogen and oxygen atoms in total. The molecule has 0 aliphatic carbocycles. The van der Waals surface area contributed by atoms with Crippen LogP contribution in [0.3, 0.4) is 0 Å². The molecule has 0 heterocycles. The first-order valence-corrected chi connectivity index (χ1v) is 8.77. The summed E-state index contributed by atoms with van der Waals surface area (Å²) in [5.74, 6) is 0.0210. The first-order valence-electron chi connectivity index (χ1n) is 7.12. The molecule has 0 fully saturated rings. The average Bonchev–Trinajstić information content (AvgIpc) is 2.45. The van der Waals surface area contributed by atoms with Crippen LogP contribution in [0.5, 0.6) is 0 Å². The fourth-order valence-electron chi connectivity index (χ4n) is 1.63. The van der Waals surface area contributed by atoms with Crippen LogP contribution in [0.1, 0.15) is 33.1 Å². The fourth-order valence-corrected chi connectivity index (χ4v) is 2.27. The Morgan fingerprint density at radius 1 is 1.05 bits per heavy atom. The molecule has 1 rings (SSSR count). The number of carbonyl (C=O) groups excluding carboxylic acids is 1. The zero-order chi connectivity index (χ0) is 15.7. The molecule has 1 aromatic carbocycles. The number of urea groups is 1. The van der Waals surface area contributed by atoms with Crippen molar-refractivity contribution in [3.05, 3.63) is 24.3 Å². The minimum Gasteiger partial charge on any atom is -0.338 e. The van der Waals surface area contributed by atoms with Crippen LogP contribution in [-0.4, -0.2) is 26.7 Å². The van der Waals surface area contributed by atoms with E-state index < -0.39 is 10.0 Å². The highest BCUT2D eigenvalue weighted by Crippen LogP contribution is 2.14. The maximum Gasteiger partial charge on any atom is 0.319 e. The molecule has 0 spiro atoms. The summed E-state index contributed by atoms with van der Waals surface area (Å²) in [4.78, 5) is 11.6. The van der Waals surface area contributed by atoms with Crippen molar-refractivity contribution in [1.29, 1.82) is 0 Å². The molecule has 21 heavy (non-hydrogen) atoms. The van der Waals surface area contributed by atoms with Crippen molar-refractivity contribution in [3.63, 3.8) is 0 Å². The van der Waals surface area contributed by atoms with Gasteiger partial charge in [-0.3, -0.25) is 4.72 Å². The fraction of sp³-hybridized carbons (Fsp3) is 0.500. The number of anilines is 2. The van der Waals surface area contributed by atoms with Gasteiger partial charge in [0.15, 0.2) is 0 Å². The number of benzene rings is 1. The maximum atomic E-state index is 11.6. The Hall–Kier alpha value is -1.76. The standard InChI is InChI=1S/C14H23N3O3S/c1-3-5-6-11-15-14(18)16-12-7-9-13(10-8-12)17-21(19,20)4-2/h7-10,17H,3-6,11H2,1-2H3,(H2,15,16,18). The van der Waals surface area contributed by atoms with Gasteiger partial charge >= 0.3 is 6.03 Å². The van der Waals surface area contributed by atoms with Crippen LogP contribution in [0.4, 0.5) is 16.2 Å². The van der Waals surface area contributed by atoms with Crippen molar-refractivity contribution in [2.75, 3.05) is 22.3 Å². The predicted octanol–water partition coefficient (Wildman–Crippen LogP) is 2.76. The lowest BCUT2D eigenvalue weighted by Crippen LogP contribution is -2.29. The molecule has 3 N–H and O–H groups in total. The van der Waals surface area contributed by atoms with Crippen LogP contribution in [0.2, 0.25) is 0 Å². The molecule has 0 aromatic heterocycles. The largest absolute Gasteiger partial charge is 0.338 e. The topological polar surface area (TPSA) is 87.3 Å². The second-order valence-electron chi connectivity index (χ2n) is 4.67. The summed E-state index contributed by atoms with van der Waals surface area (Å²) in [6, 6.07) is 6.27. The second kappa shape index (κ2) is 8.51. The Bertz CT molecular complexity index is 541. The molecule has 0 unspecified atom stereocenters. The monoisotopic (exact) mass is 313 g/mol. The summed E-state index contributed by atoms with van der Waals surface area (Å²) >= 11 is 0. The SMILES string of the molecule is CCCCCNC(=O)Nc1ccc(NS(=O)(=O)CC)cc1. The van der Waals surface area contributed by atoms with Gasteiger partial charge in [-0.05, 0) is 37.6 Å². The molecule has 0 saturated heterocycles. The number of carbonyl (C=O) groups is 1. The van der Waals surface area contributed by atoms with Crippen LogP contribution in [0.15, 0.2) is 24.3 Å². The number of sulfonamides is 1. The summed E-state index contributed by atoms with van der Waals surface area (Å²) in [6.07, 6.45) is 3.16. The van der Waals surface area contributed by atoms with E-state index in [2.05, 4.69) is 22.3 Å². The lowest BCUT2D eigenvalue weighted by Gasteiger charge is -2.09. The highest BCUT2D eigenvalue weighted by atomic mass is 32.2. The van der Waals surface area contributed by atoms with E-state index >= 15 is 0 Å². The molecule has 1 aromatic rings. The van der Waals surface area contributed by atoms with Crippen LogP contribution in [-0.2, 0) is 10.0 Å². The Morgan fingerprint density at radius 3 is 2.24 bits per heavy atom. The van der Waals surface area contributed by atoms with Crippen LogP contribution >= 0.6 is 0 Å². The Kier molecular flexibility index (Phi) is 7.01. The van der Waals surface area contributed by atoms with Crippen LogP contribution in [0, 0.1) is 0 Å². The number of hydrogen-bond acceptors (Lipinski definition) is 3. The van der Waals surface area contributed by atoms with Gasteiger partial charge in [0, 0.05) is 17.9 Å². The van der Waals surface area contributed by atoms with Gasteiger partial charge in [0.25, 0.3) is 0 Å². The number of unbranched alkanes of at least 4 members (excludes halogenated alkanes) is 2. The zero-order valence-corrected chi connectivity index (χ0v) is 13.3. The van der Waals surface area contributed by atoms with Gasteiger partial charge in [-0.25, -0.2) is 13.2 Å². The molecular weight excluding hydrogens is 290 g/mol. The van der Waals surface area contributed by atoms with E-state index in [4.69, 9.17) is 0 Å². The minimum atomic E-state index is -3.28. The molecule has 0 atom stereocenters. The average molecular weight is 313 g/mol. The van der Waals surface area contributed by atoms with E-state index in [0.717, 1.165) is 19.3 Å². The van der Waals surface area contributed by atoms with Crippen molar-refractivity contribution in [2.45, 2.75) is 33.1 Å². The Balaban J connectivity index is 2.45. The van der Waals surface area contributed by atoms with Crippen molar-refractivity contribution in [3.8, 4) is 0 Å². The summed E-state index contributed by atoms with van der Waals surface area (Å²) in [7, 11) is -3.28. The van der Waals surface area contributed by atoms with Gasteiger partial charge in [-0.2, -0.15) is 0 Å². The summed E-state index contributed by atoms with van der Waals surface area (Å²) in [6.45, 7) is 4.32. The summed E-state index contributed by atoms with van der Waals surface area (Å²) < 4.78 is 25.3. The van der Waals surface area contributed by atoms with Gasteiger partial charge in [0.2, 0.25) is 10.0 Å². The molecular formula is C14H23N3O3S. The quantitative estimate of drug-likeness (QED) is 0.645. The first kappa shape index (κ1) is 17.3. The van der Waals surface area contributed by atoms with Gasteiger partial charge in [-0.1, -0.05) is 19.8 Å². The van der Waals surface area contributed by atoms with Gasteiger partial charge < -0.3 is 10.6 Å². The molecule has 7 heteroatoms. The van der Waals surface area contributed by atoms with Crippen molar-refractivity contribution >= 4 is 27.4 Å². The van der Waals surface area contributed by atoms with Crippen LogP contribution < -0.4 is 15.4 Å². The third-order valence-electron chi connectivity index (χ3n) is 2.86. The lowest BCUT2D eigenvalue weighted by molar-refractivity contribution is 0.252. The second-order valence-corrected chi connectivity index (χ2v) is 6.68. The van der Waals surface area contributed by atoms with E-state index in [1.807, 2.05) is 0 Å². The van der Waals surface area contributed by atoms with E-state index in [-0.39, 0.29) is 11.8 Å². The highest BCUT2D eigenvalue weighted by molar-refractivity contribution is 7.92. The van der Waals surface area contributed by atoms with E-state index in [1.165, 1.54) is 0 Å². The molecule has 2 amide bonds. The summed E-state index contributed by atoms with van der Waals surface area (Å²) in [5.41, 5.74) is 1.09. The molecule has 0 aliphatic heterocycles. The maximum absolute atomic E-state index is 11.6. The van der Waals surface area contributed by atoms with Crippen LogP contribution in [0.25, 0.3) is 0 Å².